The molecule has 0 amide bonds. The number of hydrogen-bond donors (Lipinski definition) is 0. The molecule has 8 rings (SSSR count). The van der Waals surface area contributed by atoms with Crippen LogP contribution in [-0.4, -0.2) is 0 Å². The highest BCUT2D eigenvalue weighted by Crippen LogP contribution is 2.48. The molecule has 0 N–H and O–H groups in total. The number of fused-ring (bicyclic) bond motifs is 2. The van der Waals surface area contributed by atoms with Crippen LogP contribution in [0.25, 0.3) is 32.7 Å². The van der Waals surface area contributed by atoms with Crippen LogP contribution in [0.3, 0.4) is 0 Å². The van der Waals surface area contributed by atoms with Gasteiger partial charge in [0.05, 0.1) is 11.1 Å². The number of para-hydroxylation sites is 1. The summed E-state index contributed by atoms with van der Waals surface area (Å²) in [4.78, 5) is 2.24. The van der Waals surface area contributed by atoms with Crippen LogP contribution < -0.4 is 14.4 Å². The van der Waals surface area contributed by atoms with Gasteiger partial charge in [0.2, 0.25) is 0 Å². The van der Waals surface area contributed by atoms with Crippen molar-refractivity contribution in [3.8, 4) is 34.1 Å². The van der Waals surface area contributed by atoms with Crippen molar-refractivity contribution in [1.29, 1.82) is 0 Å². The Morgan fingerprint density at radius 3 is 1.73 bits per heavy atom. The monoisotopic (exact) mass is 527 g/mol. The van der Waals surface area contributed by atoms with Gasteiger partial charge in [0.1, 0.15) is 11.5 Å². The summed E-state index contributed by atoms with van der Waals surface area (Å²) in [6, 6.07) is 52.6. The molecule has 3 heteroatoms. The summed E-state index contributed by atoms with van der Waals surface area (Å²) < 4.78 is 12.9. The summed E-state index contributed by atoms with van der Waals surface area (Å²) in [6.07, 6.45) is 0. The standard InChI is InChI=1S/C38H25NO2/c1-2-12-31(13-3-1)39(32-20-18-27(19-21-32)30-17-16-26-8-4-5-9-29(26)24-30)33-22-23-34-37(25-33)41-36-15-7-11-28-10-6-14-35(40-34)38(28)36/h1-25H. The SMILES string of the molecule is c1ccc(N(c2ccc(-c3ccc4ccccc4c3)cc2)c2ccc3c(c2)Oc2cccc4cccc(c24)O3)cc1. The molecule has 0 fully saturated rings. The number of nitrogens with zero attached hydrogens (tertiary/aromatic N) is 1. The zero-order valence-electron chi connectivity index (χ0n) is 22.2. The van der Waals surface area contributed by atoms with Gasteiger partial charge in [-0.15, -0.1) is 0 Å². The summed E-state index contributed by atoms with van der Waals surface area (Å²) in [5.74, 6) is 2.96. The molecule has 1 aliphatic heterocycles. The Morgan fingerprint density at radius 2 is 0.951 bits per heavy atom. The molecule has 41 heavy (non-hydrogen) atoms. The molecule has 1 aliphatic rings. The highest BCUT2D eigenvalue weighted by atomic mass is 16.5. The summed E-state index contributed by atoms with van der Waals surface area (Å²) in [5, 5.41) is 4.56. The minimum Gasteiger partial charge on any atom is -0.453 e. The van der Waals surface area contributed by atoms with Crippen LogP contribution in [0.5, 0.6) is 23.0 Å². The van der Waals surface area contributed by atoms with Gasteiger partial charge in [-0.3, -0.25) is 0 Å². The first-order chi connectivity index (χ1) is 20.3. The Hall–Kier alpha value is -5.54. The maximum atomic E-state index is 6.50. The molecule has 7 aromatic carbocycles. The van der Waals surface area contributed by atoms with Crippen LogP contribution >= 0.6 is 0 Å². The smallest absolute Gasteiger partial charge is 0.172 e. The molecule has 0 unspecified atom stereocenters. The minimum atomic E-state index is 0.680. The van der Waals surface area contributed by atoms with Gasteiger partial charge in [0.25, 0.3) is 0 Å². The highest BCUT2D eigenvalue weighted by molar-refractivity contribution is 5.95. The van der Waals surface area contributed by atoms with Crippen molar-refractivity contribution in [2.45, 2.75) is 0 Å². The molecule has 0 saturated heterocycles. The van der Waals surface area contributed by atoms with Crippen LogP contribution in [-0.2, 0) is 0 Å². The zero-order chi connectivity index (χ0) is 27.2. The largest absolute Gasteiger partial charge is 0.453 e. The normalized spacial score (nSPS) is 11.8. The second-order valence-corrected chi connectivity index (χ2v) is 10.2. The van der Waals surface area contributed by atoms with Crippen molar-refractivity contribution >= 4 is 38.6 Å². The van der Waals surface area contributed by atoms with Gasteiger partial charge >= 0.3 is 0 Å². The first-order valence-corrected chi connectivity index (χ1v) is 13.8. The van der Waals surface area contributed by atoms with Gasteiger partial charge in [-0.2, -0.15) is 0 Å². The average Bonchev–Trinajstić information content (AvgIpc) is 3.19. The summed E-state index contributed by atoms with van der Waals surface area (Å²) in [5.41, 5.74) is 5.48. The fraction of sp³-hybridized carbons (Fsp3) is 0. The lowest BCUT2D eigenvalue weighted by Crippen LogP contribution is -2.10. The van der Waals surface area contributed by atoms with Crippen molar-refractivity contribution in [3.05, 3.63) is 152 Å². The van der Waals surface area contributed by atoms with Gasteiger partial charge in [-0.1, -0.05) is 91.0 Å². The third-order valence-electron chi connectivity index (χ3n) is 7.68. The van der Waals surface area contributed by atoms with Crippen molar-refractivity contribution in [2.24, 2.45) is 0 Å². The molecule has 0 saturated carbocycles. The summed E-state index contributed by atoms with van der Waals surface area (Å²) in [7, 11) is 0. The number of benzene rings is 7. The number of anilines is 3. The molecule has 3 nitrogen and oxygen atoms in total. The quantitative estimate of drug-likeness (QED) is 0.227. The number of hydrogen-bond acceptors (Lipinski definition) is 3. The molecular weight excluding hydrogens is 502 g/mol. The number of rotatable bonds is 4. The second-order valence-electron chi connectivity index (χ2n) is 10.2. The van der Waals surface area contributed by atoms with Crippen molar-refractivity contribution in [1.82, 2.24) is 0 Å². The van der Waals surface area contributed by atoms with E-state index >= 15 is 0 Å². The van der Waals surface area contributed by atoms with Crippen LogP contribution in [0, 0.1) is 0 Å². The highest BCUT2D eigenvalue weighted by Gasteiger charge is 2.21. The Balaban J connectivity index is 1.20. The predicted octanol–water partition coefficient (Wildman–Crippen LogP) is 11.0. The van der Waals surface area contributed by atoms with Crippen molar-refractivity contribution < 1.29 is 9.47 Å². The molecule has 194 valence electrons. The topological polar surface area (TPSA) is 21.7 Å². The van der Waals surface area contributed by atoms with E-state index in [0.717, 1.165) is 39.3 Å². The lowest BCUT2D eigenvalue weighted by Gasteiger charge is -2.26. The van der Waals surface area contributed by atoms with E-state index in [9.17, 15) is 0 Å². The van der Waals surface area contributed by atoms with Gasteiger partial charge in [-0.05, 0) is 81.9 Å². The van der Waals surface area contributed by atoms with Crippen LogP contribution in [0.15, 0.2) is 152 Å². The zero-order valence-corrected chi connectivity index (χ0v) is 22.2. The van der Waals surface area contributed by atoms with Crippen LogP contribution in [0.2, 0.25) is 0 Å². The summed E-state index contributed by atoms with van der Waals surface area (Å²) >= 11 is 0. The number of ether oxygens (including phenoxy) is 2. The maximum Gasteiger partial charge on any atom is 0.172 e. The first kappa shape index (κ1) is 23.4. The minimum absolute atomic E-state index is 0.680. The van der Waals surface area contributed by atoms with E-state index in [1.807, 2.05) is 36.4 Å². The molecule has 0 spiro atoms. The third kappa shape index (κ3) is 4.16. The maximum absolute atomic E-state index is 6.50. The summed E-state index contributed by atoms with van der Waals surface area (Å²) in [6.45, 7) is 0. The molecule has 0 aliphatic carbocycles. The Morgan fingerprint density at radius 1 is 0.341 bits per heavy atom. The molecule has 0 aromatic heterocycles. The van der Waals surface area contributed by atoms with Crippen LogP contribution in [0.1, 0.15) is 0 Å². The van der Waals surface area contributed by atoms with Gasteiger partial charge in [0, 0.05) is 17.4 Å². The van der Waals surface area contributed by atoms with Crippen molar-refractivity contribution in [3.63, 3.8) is 0 Å². The average molecular weight is 528 g/mol. The molecule has 0 radical (unpaired) electrons. The first-order valence-electron chi connectivity index (χ1n) is 13.8. The van der Waals surface area contributed by atoms with Crippen LogP contribution in [0.4, 0.5) is 17.1 Å². The van der Waals surface area contributed by atoms with Gasteiger partial charge in [-0.25, -0.2) is 0 Å². The van der Waals surface area contributed by atoms with Gasteiger partial charge in [0.15, 0.2) is 11.5 Å². The van der Waals surface area contributed by atoms with Gasteiger partial charge < -0.3 is 14.4 Å². The third-order valence-corrected chi connectivity index (χ3v) is 7.68. The second kappa shape index (κ2) is 9.58. The Kier molecular flexibility index (Phi) is 5.46. The fourth-order valence-electron chi connectivity index (χ4n) is 5.68. The molecule has 1 heterocycles. The fourth-order valence-corrected chi connectivity index (χ4v) is 5.68. The Bertz CT molecular complexity index is 2040. The molecule has 0 atom stereocenters. The lowest BCUT2D eigenvalue weighted by molar-refractivity contribution is 0.439. The molecule has 0 bridgehead atoms. The van der Waals surface area contributed by atoms with E-state index in [-0.39, 0.29) is 0 Å². The Labute approximate surface area is 238 Å². The molecule has 7 aromatic rings. The van der Waals surface area contributed by atoms with E-state index in [1.165, 1.54) is 21.9 Å². The van der Waals surface area contributed by atoms with E-state index in [0.29, 0.717) is 11.5 Å². The van der Waals surface area contributed by atoms with E-state index in [4.69, 9.17) is 9.47 Å². The van der Waals surface area contributed by atoms with E-state index in [1.54, 1.807) is 0 Å². The predicted molar refractivity (Wildman–Crippen MR) is 168 cm³/mol. The van der Waals surface area contributed by atoms with E-state index < -0.39 is 0 Å². The van der Waals surface area contributed by atoms with E-state index in [2.05, 4.69) is 120 Å². The van der Waals surface area contributed by atoms with Crippen molar-refractivity contribution in [2.75, 3.05) is 4.90 Å². The molecular formula is C38H25NO2. The lowest BCUT2D eigenvalue weighted by atomic mass is 10.0.